The fourth-order valence-electron chi connectivity index (χ4n) is 2.75. The molecule has 3 rings (SSSR count). The molecule has 3 aromatic rings. The van der Waals surface area contributed by atoms with E-state index in [9.17, 15) is 9.59 Å². The van der Waals surface area contributed by atoms with E-state index in [-0.39, 0.29) is 17.9 Å². The van der Waals surface area contributed by atoms with Crippen molar-refractivity contribution in [3.05, 3.63) is 78.4 Å². The third-order valence-electron chi connectivity index (χ3n) is 4.28. The fourth-order valence-corrected chi connectivity index (χ4v) is 2.75. The van der Waals surface area contributed by atoms with Crippen LogP contribution in [0.1, 0.15) is 25.0 Å². The van der Waals surface area contributed by atoms with Crippen LogP contribution in [0.25, 0.3) is 0 Å². The van der Waals surface area contributed by atoms with Gasteiger partial charge in [0.1, 0.15) is 0 Å². The largest absolute Gasteiger partial charge is 0.334 e. The molecule has 0 unspecified atom stereocenters. The Labute approximate surface area is 170 Å². The predicted molar refractivity (Wildman–Crippen MR) is 114 cm³/mol. The minimum Gasteiger partial charge on any atom is -0.334 e. The van der Waals surface area contributed by atoms with Crippen molar-refractivity contribution in [1.82, 2.24) is 14.9 Å². The average Bonchev–Trinajstić information content (AvgIpc) is 3.20. The van der Waals surface area contributed by atoms with Crippen molar-refractivity contribution in [2.45, 2.75) is 26.9 Å². The maximum absolute atomic E-state index is 12.2. The molecule has 2 aromatic carbocycles. The molecule has 0 aliphatic rings. The molecule has 0 saturated heterocycles. The number of nitrogens with zero attached hydrogens (tertiary/aromatic N) is 2. The maximum atomic E-state index is 12.2. The summed E-state index contributed by atoms with van der Waals surface area (Å²) in [6.45, 7) is 4.80. The van der Waals surface area contributed by atoms with Crippen molar-refractivity contribution in [2.24, 2.45) is 5.92 Å². The van der Waals surface area contributed by atoms with Crippen LogP contribution in [-0.2, 0) is 17.9 Å². The number of carbonyl (C=O) groups is 2. The second kappa shape index (κ2) is 9.54. The summed E-state index contributed by atoms with van der Waals surface area (Å²) in [6, 6.07) is 14.8. The molecule has 29 heavy (non-hydrogen) atoms. The fraction of sp³-hybridized carbons (Fsp3) is 0.227. The van der Waals surface area contributed by atoms with Gasteiger partial charge in [-0.05, 0) is 29.3 Å². The Morgan fingerprint density at radius 1 is 1.00 bits per heavy atom. The Balaban J connectivity index is 1.53. The zero-order chi connectivity index (χ0) is 20.6. The van der Waals surface area contributed by atoms with Gasteiger partial charge < -0.3 is 20.5 Å². The van der Waals surface area contributed by atoms with E-state index in [1.54, 1.807) is 36.8 Å². The number of nitrogens with one attached hydrogen (secondary N) is 3. The summed E-state index contributed by atoms with van der Waals surface area (Å²) >= 11 is 0. The van der Waals surface area contributed by atoms with E-state index in [1.807, 2.05) is 42.8 Å². The molecule has 0 saturated carbocycles. The first kappa shape index (κ1) is 20.1. The lowest BCUT2D eigenvalue weighted by molar-refractivity contribution is -0.118. The highest BCUT2D eigenvalue weighted by atomic mass is 16.2. The predicted octanol–water partition coefficient (Wildman–Crippen LogP) is 3.85. The van der Waals surface area contributed by atoms with E-state index < -0.39 is 0 Å². The van der Waals surface area contributed by atoms with Crippen LogP contribution in [-0.4, -0.2) is 21.5 Å². The number of benzene rings is 2. The molecule has 7 heteroatoms. The molecule has 0 aliphatic carbocycles. The van der Waals surface area contributed by atoms with Crippen molar-refractivity contribution >= 4 is 23.3 Å². The van der Waals surface area contributed by atoms with Gasteiger partial charge in [0.15, 0.2) is 0 Å². The lowest BCUT2D eigenvalue weighted by atomic mass is 10.1. The number of aromatic nitrogens is 2. The minimum absolute atomic E-state index is 0.0674. The van der Waals surface area contributed by atoms with E-state index in [4.69, 9.17) is 0 Å². The Morgan fingerprint density at radius 2 is 1.72 bits per heavy atom. The Bertz CT molecular complexity index is 967. The molecule has 0 aliphatic heterocycles. The number of urea groups is 1. The lowest BCUT2D eigenvalue weighted by Crippen LogP contribution is -2.28. The number of hydrogen-bond acceptors (Lipinski definition) is 3. The molecule has 150 valence electrons. The quantitative estimate of drug-likeness (QED) is 0.572. The Morgan fingerprint density at radius 3 is 2.45 bits per heavy atom. The smallest absolute Gasteiger partial charge is 0.319 e. The third kappa shape index (κ3) is 6.21. The molecule has 0 fully saturated rings. The van der Waals surface area contributed by atoms with E-state index in [2.05, 4.69) is 27.0 Å². The van der Waals surface area contributed by atoms with Crippen molar-refractivity contribution in [1.29, 1.82) is 0 Å². The number of carbonyl (C=O) groups excluding carboxylic acids is 2. The van der Waals surface area contributed by atoms with Gasteiger partial charge in [-0.2, -0.15) is 0 Å². The number of rotatable bonds is 7. The molecular formula is C22H25N5O2. The van der Waals surface area contributed by atoms with Gasteiger partial charge in [0.05, 0.1) is 6.33 Å². The molecule has 0 atom stereocenters. The number of imidazole rings is 1. The van der Waals surface area contributed by atoms with Gasteiger partial charge in [-0.15, -0.1) is 0 Å². The van der Waals surface area contributed by atoms with Crippen molar-refractivity contribution in [3.63, 3.8) is 0 Å². The zero-order valence-electron chi connectivity index (χ0n) is 16.6. The van der Waals surface area contributed by atoms with Crippen LogP contribution < -0.4 is 16.0 Å². The van der Waals surface area contributed by atoms with Crippen LogP contribution >= 0.6 is 0 Å². The second-order valence-corrected chi connectivity index (χ2v) is 7.09. The Hall–Kier alpha value is -3.61. The first-order valence-corrected chi connectivity index (χ1v) is 9.49. The van der Waals surface area contributed by atoms with Crippen LogP contribution in [0.5, 0.6) is 0 Å². The average molecular weight is 391 g/mol. The SMILES string of the molecule is CC(C)C(=O)Nc1cccc(NC(=O)NCc2cccc(Cn3ccnc3)c2)c1. The Kier molecular flexibility index (Phi) is 6.63. The summed E-state index contributed by atoms with van der Waals surface area (Å²) in [6.07, 6.45) is 5.44. The summed E-state index contributed by atoms with van der Waals surface area (Å²) in [5.41, 5.74) is 3.40. The molecule has 0 bridgehead atoms. The standard InChI is InChI=1S/C22H25N5O2/c1-16(2)21(28)25-19-7-4-8-20(12-19)26-22(29)24-13-17-5-3-6-18(11-17)14-27-10-9-23-15-27/h3-12,15-16H,13-14H2,1-2H3,(H,25,28)(H2,24,26,29). The summed E-state index contributed by atoms with van der Waals surface area (Å²) in [4.78, 5) is 28.1. The van der Waals surface area contributed by atoms with Gasteiger partial charge in [0.25, 0.3) is 0 Å². The van der Waals surface area contributed by atoms with Gasteiger partial charge in [-0.25, -0.2) is 9.78 Å². The van der Waals surface area contributed by atoms with Crippen LogP contribution in [0.2, 0.25) is 0 Å². The van der Waals surface area contributed by atoms with E-state index in [0.29, 0.717) is 17.9 Å². The molecule has 0 spiro atoms. The van der Waals surface area contributed by atoms with Crippen LogP contribution in [0.15, 0.2) is 67.3 Å². The van der Waals surface area contributed by atoms with Crippen molar-refractivity contribution < 1.29 is 9.59 Å². The third-order valence-corrected chi connectivity index (χ3v) is 4.28. The molecule has 0 radical (unpaired) electrons. The minimum atomic E-state index is -0.308. The first-order chi connectivity index (χ1) is 14.0. The van der Waals surface area contributed by atoms with Gasteiger partial charge in [-0.1, -0.05) is 44.2 Å². The highest BCUT2D eigenvalue weighted by Gasteiger charge is 2.08. The summed E-state index contributed by atoms with van der Waals surface area (Å²) in [5, 5.41) is 8.47. The number of anilines is 2. The molecule has 3 N–H and O–H groups in total. The highest BCUT2D eigenvalue weighted by Crippen LogP contribution is 2.16. The normalized spacial score (nSPS) is 10.6. The van der Waals surface area contributed by atoms with E-state index in [1.165, 1.54) is 0 Å². The topological polar surface area (TPSA) is 88.0 Å². The lowest BCUT2D eigenvalue weighted by Gasteiger charge is -2.11. The van der Waals surface area contributed by atoms with E-state index in [0.717, 1.165) is 17.7 Å². The zero-order valence-corrected chi connectivity index (χ0v) is 16.6. The monoisotopic (exact) mass is 391 g/mol. The summed E-state index contributed by atoms with van der Waals surface area (Å²) < 4.78 is 1.99. The first-order valence-electron chi connectivity index (χ1n) is 9.49. The number of hydrogen-bond donors (Lipinski definition) is 3. The second-order valence-electron chi connectivity index (χ2n) is 7.09. The van der Waals surface area contributed by atoms with E-state index >= 15 is 0 Å². The van der Waals surface area contributed by atoms with Gasteiger partial charge in [0.2, 0.25) is 5.91 Å². The molecule has 3 amide bonds. The van der Waals surface area contributed by atoms with Crippen molar-refractivity contribution in [3.8, 4) is 0 Å². The van der Waals surface area contributed by atoms with Gasteiger partial charge >= 0.3 is 6.03 Å². The maximum Gasteiger partial charge on any atom is 0.319 e. The molecule has 1 heterocycles. The highest BCUT2D eigenvalue weighted by molar-refractivity contribution is 5.94. The molecule has 1 aromatic heterocycles. The van der Waals surface area contributed by atoms with Gasteiger partial charge in [-0.3, -0.25) is 4.79 Å². The summed E-state index contributed by atoms with van der Waals surface area (Å²) in [7, 11) is 0. The van der Waals surface area contributed by atoms with Gasteiger partial charge in [0, 0.05) is 42.8 Å². The summed E-state index contributed by atoms with van der Waals surface area (Å²) in [5.74, 6) is -0.179. The molecule has 7 nitrogen and oxygen atoms in total. The van der Waals surface area contributed by atoms with Crippen LogP contribution in [0, 0.1) is 5.92 Å². The van der Waals surface area contributed by atoms with Crippen LogP contribution in [0.3, 0.4) is 0 Å². The number of amides is 3. The van der Waals surface area contributed by atoms with Crippen LogP contribution in [0.4, 0.5) is 16.2 Å². The molecular weight excluding hydrogens is 366 g/mol. The van der Waals surface area contributed by atoms with Crippen molar-refractivity contribution in [2.75, 3.05) is 10.6 Å².